The largest absolute Gasteiger partial charge is 0.351 e. The summed E-state index contributed by atoms with van der Waals surface area (Å²) in [7, 11) is 0. The van der Waals surface area contributed by atoms with Gasteiger partial charge in [0.2, 0.25) is 5.76 Å². The van der Waals surface area contributed by atoms with Crippen molar-refractivity contribution in [2.45, 2.75) is 39.0 Å². The Morgan fingerprint density at radius 1 is 1.33 bits per heavy atom. The van der Waals surface area contributed by atoms with Gasteiger partial charge in [0.05, 0.1) is 5.69 Å². The standard InChI is InChI=1S/C14H20N2O2/c1-10-8-13(18-15-10)14(17)16-7-6-11-4-2-3-5-12(11)9-16/h8,11-12H,2-7,9H2,1H3. The summed E-state index contributed by atoms with van der Waals surface area (Å²) >= 11 is 0. The van der Waals surface area contributed by atoms with Crippen LogP contribution >= 0.6 is 0 Å². The molecule has 0 bridgehead atoms. The highest BCUT2D eigenvalue weighted by Gasteiger charge is 2.34. The molecule has 2 aliphatic rings. The van der Waals surface area contributed by atoms with Crippen LogP contribution in [0, 0.1) is 18.8 Å². The molecule has 18 heavy (non-hydrogen) atoms. The van der Waals surface area contributed by atoms with E-state index in [2.05, 4.69) is 5.16 Å². The van der Waals surface area contributed by atoms with Gasteiger partial charge in [-0.1, -0.05) is 24.4 Å². The average Bonchev–Trinajstić information content (AvgIpc) is 2.84. The van der Waals surface area contributed by atoms with Crippen molar-refractivity contribution in [3.8, 4) is 0 Å². The van der Waals surface area contributed by atoms with E-state index in [1.54, 1.807) is 6.07 Å². The summed E-state index contributed by atoms with van der Waals surface area (Å²) in [5, 5.41) is 3.79. The third kappa shape index (κ3) is 2.16. The molecule has 4 nitrogen and oxygen atoms in total. The predicted molar refractivity (Wildman–Crippen MR) is 67.2 cm³/mol. The topological polar surface area (TPSA) is 46.3 Å². The lowest BCUT2D eigenvalue weighted by Gasteiger charge is -2.40. The van der Waals surface area contributed by atoms with Gasteiger partial charge in [-0.3, -0.25) is 4.79 Å². The van der Waals surface area contributed by atoms with Gasteiger partial charge in [-0.2, -0.15) is 0 Å². The quantitative estimate of drug-likeness (QED) is 0.767. The average molecular weight is 248 g/mol. The van der Waals surface area contributed by atoms with E-state index >= 15 is 0 Å². The van der Waals surface area contributed by atoms with Crippen LogP contribution in [0.1, 0.15) is 48.4 Å². The highest BCUT2D eigenvalue weighted by Crippen LogP contribution is 2.36. The van der Waals surface area contributed by atoms with Gasteiger partial charge >= 0.3 is 0 Å². The van der Waals surface area contributed by atoms with E-state index in [0.29, 0.717) is 11.7 Å². The zero-order valence-corrected chi connectivity index (χ0v) is 10.9. The zero-order valence-electron chi connectivity index (χ0n) is 10.9. The third-order valence-electron chi connectivity index (χ3n) is 4.42. The monoisotopic (exact) mass is 248 g/mol. The van der Waals surface area contributed by atoms with Crippen molar-refractivity contribution < 1.29 is 9.32 Å². The summed E-state index contributed by atoms with van der Waals surface area (Å²) in [6.45, 7) is 3.62. The van der Waals surface area contributed by atoms with E-state index in [4.69, 9.17) is 4.52 Å². The minimum absolute atomic E-state index is 0.0135. The number of carbonyl (C=O) groups is 1. The molecule has 0 N–H and O–H groups in total. The molecule has 0 aromatic carbocycles. The molecule has 1 amide bonds. The summed E-state index contributed by atoms with van der Waals surface area (Å²) < 4.78 is 5.07. The molecule has 2 atom stereocenters. The number of aryl methyl sites for hydroxylation is 1. The van der Waals surface area contributed by atoms with Crippen LogP contribution in [0.4, 0.5) is 0 Å². The van der Waals surface area contributed by atoms with Gasteiger partial charge in [-0.05, 0) is 31.6 Å². The number of hydrogen-bond donors (Lipinski definition) is 0. The van der Waals surface area contributed by atoms with Gasteiger partial charge in [-0.25, -0.2) is 0 Å². The fraction of sp³-hybridized carbons (Fsp3) is 0.714. The number of rotatable bonds is 1. The van der Waals surface area contributed by atoms with Gasteiger partial charge < -0.3 is 9.42 Å². The van der Waals surface area contributed by atoms with Crippen molar-refractivity contribution in [1.29, 1.82) is 0 Å². The van der Waals surface area contributed by atoms with Gasteiger partial charge in [0.15, 0.2) is 0 Å². The van der Waals surface area contributed by atoms with Crippen molar-refractivity contribution in [2.75, 3.05) is 13.1 Å². The van der Waals surface area contributed by atoms with Crippen LogP contribution in [0.15, 0.2) is 10.6 Å². The molecule has 4 heteroatoms. The van der Waals surface area contributed by atoms with Gasteiger partial charge in [0.1, 0.15) is 0 Å². The number of fused-ring (bicyclic) bond motifs is 1. The first-order valence-electron chi connectivity index (χ1n) is 6.96. The first-order valence-corrected chi connectivity index (χ1v) is 6.96. The van der Waals surface area contributed by atoms with Crippen LogP contribution in [0.3, 0.4) is 0 Å². The van der Waals surface area contributed by atoms with E-state index in [1.807, 2.05) is 11.8 Å². The highest BCUT2D eigenvalue weighted by atomic mass is 16.5. The Morgan fingerprint density at radius 2 is 2.11 bits per heavy atom. The maximum absolute atomic E-state index is 12.3. The lowest BCUT2D eigenvalue weighted by atomic mass is 9.75. The van der Waals surface area contributed by atoms with Crippen LogP contribution in [0.25, 0.3) is 0 Å². The molecule has 1 saturated carbocycles. The Labute approximate surface area is 107 Å². The van der Waals surface area contributed by atoms with Crippen molar-refractivity contribution in [1.82, 2.24) is 10.1 Å². The smallest absolute Gasteiger partial charge is 0.292 e. The number of carbonyl (C=O) groups excluding carboxylic acids is 1. The first kappa shape index (κ1) is 11.8. The number of piperidine rings is 1. The summed E-state index contributed by atoms with van der Waals surface area (Å²) in [5.41, 5.74) is 0.769. The van der Waals surface area contributed by atoms with Crippen LogP contribution in [-0.2, 0) is 0 Å². The fourth-order valence-corrected chi connectivity index (χ4v) is 3.41. The SMILES string of the molecule is Cc1cc(C(=O)N2CCC3CCCCC3C2)on1. The molecule has 1 saturated heterocycles. The van der Waals surface area contributed by atoms with Crippen LogP contribution in [0.5, 0.6) is 0 Å². The maximum atomic E-state index is 12.3. The molecule has 1 aromatic heterocycles. The number of nitrogens with zero attached hydrogens (tertiary/aromatic N) is 2. The second-order valence-electron chi connectivity index (χ2n) is 5.68. The molecular formula is C14H20N2O2. The van der Waals surface area contributed by atoms with Crippen LogP contribution < -0.4 is 0 Å². The zero-order chi connectivity index (χ0) is 12.5. The summed E-state index contributed by atoms with van der Waals surface area (Å²) in [6, 6.07) is 1.73. The molecule has 2 heterocycles. The molecule has 2 fully saturated rings. The molecule has 1 aliphatic carbocycles. The summed E-state index contributed by atoms with van der Waals surface area (Å²) in [4.78, 5) is 14.2. The molecule has 3 rings (SSSR count). The normalized spacial score (nSPS) is 27.9. The minimum atomic E-state index is 0.0135. The van der Waals surface area contributed by atoms with Crippen LogP contribution in [-0.4, -0.2) is 29.1 Å². The Kier molecular flexibility index (Phi) is 3.10. The molecular weight excluding hydrogens is 228 g/mol. The number of hydrogen-bond acceptors (Lipinski definition) is 3. The maximum Gasteiger partial charge on any atom is 0.292 e. The third-order valence-corrected chi connectivity index (χ3v) is 4.42. The molecule has 0 radical (unpaired) electrons. The summed E-state index contributed by atoms with van der Waals surface area (Å²) in [5.74, 6) is 1.96. The first-order chi connectivity index (χ1) is 8.74. The summed E-state index contributed by atoms with van der Waals surface area (Å²) in [6.07, 6.45) is 6.49. The van der Waals surface area contributed by atoms with E-state index < -0.39 is 0 Å². The molecule has 1 aromatic rings. The Bertz CT molecular complexity index is 441. The Morgan fingerprint density at radius 3 is 2.83 bits per heavy atom. The highest BCUT2D eigenvalue weighted by molar-refractivity contribution is 5.91. The Balaban J connectivity index is 1.68. The second-order valence-corrected chi connectivity index (χ2v) is 5.68. The fourth-order valence-electron chi connectivity index (χ4n) is 3.41. The van der Waals surface area contributed by atoms with Gasteiger partial charge in [-0.15, -0.1) is 0 Å². The Hall–Kier alpha value is -1.32. The predicted octanol–water partition coefficient (Wildman–Crippen LogP) is 2.64. The minimum Gasteiger partial charge on any atom is -0.351 e. The van der Waals surface area contributed by atoms with Gasteiger partial charge in [0.25, 0.3) is 5.91 Å². The molecule has 1 aliphatic heterocycles. The molecule has 2 unspecified atom stereocenters. The molecule has 0 spiro atoms. The second kappa shape index (κ2) is 4.75. The number of aromatic nitrogens is 1. The van der Waals surface area contributed by atoms with Crippen molar-refractivity contribution in [2.24, 2.45) is 11.8 Å². The van der Waals surface area contributed by atoms with E-state index in [9.17, 15) is 4.79 Å². The molecule has 98 valence electrons. The van der Waals surface area contributed by atoms with Crippen molar-refractivity contribution >= 4 is 5.91 Å². The van der Waals surface area contributed by atoms with E-state index in [1.165, 1.54) is 25.7 Å². The number of amides is 1. The van der Waals surface area contributed by atoms with Crippen molar-refractivity contribution in [3.05, 3.63) is 17.5 Å². The lowest BCUT2D eigenvalue weighted by Crippen LogP contribution is -2.44. The van der Waals surface area contributed by atoms with Crippen molar-refractivity contribution in [3.63, 3.8) is 0 Å². The number of likely N-dealkylation sites (tertiary alicyclic amines) is 1. The van der Waals surface area contributed by atoms with Crippen LogP contribution in [0.2, 0.25) is 0 Å². The lowest BCUT2D eigenvalue weighted by molar-refractivity contribution is 0.0484. The van der Waals surface area contributed by atoms with Gasteiger partial charge in [0, 0.05) is 19.2 Å². The van der Waals surface area contributed by atoms with E-state index in [0.717, 1.165) is 31.1 Å². The van der Waals surface area contributed by atoms with E-state index in [-0.39, 0.29) is 5.91 Å².